The highest BCUT2D eigenvalue weighted by atomic mass is 35.5. The van der Waals surface area contributed by atoms with E-state index in [1.807, 2.05) is 30.3 Å². The standard InChI is InChI=1S/C20H16Cl3N3.CH4N2/c1-2-24-19-8-11(21)7-15-14-9-12(4-6-18(14)26-20(15)19)25-13-3-5-16(22)17(23)10-13;2-1-3/h3-10,24-26H,2H2,1H3;1H,(H3,2,3). The summed E-state index contributed by atoms with van der Waals surface area (Å²) in [7, 11) is 0. The van der Waals surface area contributed by atoms with Gasteiger partial charge in [0, 0.05) is 39.2 Å². The lowest BCUT2D eigenvalue weighted by atomic mass is 10.1. The first-order valence-electron chi connectivity index (χ1n) is 8.88. The Morgan fingerprint density at radius 2 is 1.66 bits per heavy atom. The van der Waals surface area contributed by atoms with Gasteiger partial charge in [0.15, 0.2) is 0 Å². The van der Waals surface area contributed by atoms with Crippen LogP contribution in [0.25, 0.3) is 21.8 Å². The lowest BCUT2D eigenvalue weighted by Crippen LogP contribution is -1.96. The van der Waals surface area contributed by atoms with Crippen molar-refractivity contribution in [2.45, 2.75) is 6.92 Å². The van der Waals surface area contributed by atoms with Gasteiger partial charge in [0.2, 0.25) is 0 Å². The molecule has 0 aliphatic heterocycles. The van der Waals surface area contributed by atoms with E-state index >= 15 is 0 Å². The third kappa shape index (κ3) is 4.70. The summed E-state index contributed by atoms with van der Waals surface area (Å²) in [6.45, 7) is 2.89. The molecule has 0 fully saturated rings. The zero-order valence-corrected chi connectivity index (χ0v) is 17.9. The second-order valence-corrected chi connectivity index (χ2v) is 7.46. The Bertz CT molecular complexity index is 1170. The summed E-state index contributed by atoms with van der Waals surface area (Å²) in [5.74, 6) is 0. The van der Waals surface area contributed by atoms with Crippen molar-refractivity contribution in [1.29, 1.82) is 5.41 Å². The molecule has 1 heterocycles. The van der Waals surface area contributed by atoms with Gasteiger partial charge in [-0.05, 0) is 55.5 Å². The van der Waals surface area contributed by atoms with E-state index in [9.17, 15) is 0 Å². The van der Waals surface area contributed by atoms with Gasteiger partial charge in [-0.2, -0.15) is 0 Å². The molecule has 0 aliphatic rings. The maximum absolute atomic E-state index is 6.32. The van der Waals surface area contributed by atoms with Crippen LogP contribution in [0, 0.1) is 5.41 Å². The van der Waals surface area contributed by atoms with E-state index in [0.29, 0.717) is 15.1 Å². The average Bonchev–Trinajstić information content (AvgIpc) is 3.04. The van der Waals surface area contributed by atoms with Crippen molar-refractivity contribution in [1.82, 2.24) is 4.98 Å². The molecule has 0 bridgehead atoms. The fraction of sp³-hybridized carbons (Fsp3) is 0.0952. The minimum absolute atomic E-state index is 0.520. The van der Waals surface area contributed by atoms with E-state index in [4.69, 9.17) is 40.2 Å². The van der Waals surface area contributed by atoms with Crippen molar-refractivity contribution in [3.8, 4) is 0 Å². The predicted octanol–water partition coefficient (Wildman–Crippen LogP) is 7.01. The first-order chi connectivity index (χ1) is 14.0. The lowest BCUT2D eigenvalue weighted by Gasteiger charge is -2.08. The molecule has 0 saturated carbocycles. The smallest absolute Gasteiger partial charge is 0.0765 e. The number of nitrogens with two attached hydrogens (primary N) is 1. The highest BCUT2D eigenvalue weighted by Crippen LogP contribution is 2.35. The minimum Gasteiger partial charge on any atom is -0.390 e. The van der Waals surface area contributed by atoms with Crippen LogP contribution >= 0.6 is 34.8 Å². The summed E-state index contributed by atoms with van der Waals surface area (Å²) in [5.41, 5.74) is 9.34. The number of hydrogen-bond donors (Lipinski definition) is 5. The summed E-state index contributed by atoms with van der Waals surface area (Å²) in [6, 6.07) is 15.6. The van der Waals surface area contributed by atoms with E-state index in [2.05, 4.69) is 40.4 Å². The fourth-order valence-corrected chi connectivity index (χ4v) is 3.63. The van der Waals surface area contributed by atoms with E-state index in [1.165, 1.54) is 0 Å². The molecular weight excluding hydrogens is 429 g/mol. The van der Waals surface area contributed by atoms with Gasteiger partial charge >= 0.3 is 0 Å². The molecule has 8 heteroatoms. The van der Waals surface area contributed by atoms with Gasteiger partial charge < -0.3 is 21.4 Å². The fourth-order valence-electron chi connectivity index (χ4n) is 3.11. The first kappa shape index (κ1) is 21.1. The van der Waals surface area contributed by atoms with Crippen LogP contribution in [0.3, 0.4) is 0 Å². The normalized spacial score (nSPS) is 10.5. The van der Waals surface area contributed by atoms with Crippen molar-refractivity contribution in [3.05, 3.63) is 63.6 Å². The largest absolute Gasteiger partial charge is 0.390 e. The first-order valence-corrected chi connectivity index (χ1v) is 10.0. The second kappa shape index (κ2) is 9.27. The van der Waals surface area contributed by atoms with Crippen LogP contribution in [0.2, 0.25) is 15.1 Å². The lowest BCUT2D eigenvalue weighted by molar-refractivity contribution is 1.22. The topological polar surface area (TPSA) is 89.7 Å². The van der Waals surface area contributed by atoms with E-state index < -0.39 is 0 Å². The molecule has 0 unspecified atom stereocenters. The number of rotatable bonds is 4. The van der Waals surface area contributed by atoms with E-state index in [0.717, 1.165) is 51.8 Å². The predicted molar refractivity (Wildman–Crippen MR) is 128 cm³/mol. The Hall–Kier alpha value is -2.60. The minimum atomic E-state index is 0.520. The highest BCUT2D eigenvalue weighted by molar-refractivity contribution is 6.42. The van der Waals surface area contributed by atoms with E-state index in [-0.39, 0.29) is 0 Å². The number of H-pyrrole nitrogens is 1. The van der Waals surface area contributed by atoms with Gasteiger partial charge in [-0.3, -0.25) is 5.41 Å². The molecule has 0 atom stereocenters. The summed E-state index contributed by atoms with van der Waals surface area (Å²) in [5, 5.41) is 16.5. The molecule has 0 radical (unpaired) electrons. The molecule has 5 nitrogen and oxygen atoms in total. The van der Waals surface area contributed by atoms with Gasteiger partial charge in [-0.1, -0.05) is 34.8 Å². The molecular formula is C21H20Cl3N5. The Labute approximate surface area is 183 Å². The number of aromatic nitrogens is 1. The molecule has 6 N–H and O–H groups in total. The number of hydrogen-bond acceptors (Lipinski definition) is 3. The number of halogens is 3. The van der Waals surface area contributed by atoms with Crippen molar-refractivity contribution >= 4 is 80.0 Å². The maximum atomic E-state index is 6.32. The zero-order chi connectivity index (χ0) is 21.0. The quantitative estimate of drug-likeness (QED) is 0.172. The number of aromatic amines is 1. The third-order valence-corrected chi connectivity index (χ3v) is 5.21. The van der Waals surface area contributed by atoms with E-state index in [1.54, 1.807) is 6.07 Å². The molecule has 0 aliphatic carbocycles. The number of nitrogens with one attached hydrogen (secondary N) is 4. The van der Waals surface area contributed by atoms with Gasteiger partial charge in [0.25, 0.3) is 0 Å². The maximum Gasteiger partial charge on any atom is 0.0765 e. The van der Waals surface area contributed by atoms with Crippen LogP contribution in [0.15, 0.2) is 48.5 Å². The molecule has 4 aromatic rings. The van der Waals surface area contributed by atoms with Crippen molar-refractivity contribution in [3.63, 3.8) is 0 Å². The average molecular weight is 449 g/mol. The zero-order valence-electron chi connectivity index (χ0n) is 15.6. The summed E-state index contributed by atoms with van der Waals surface area (Å²) in [6.07, 6.45) is 0.750. The van der Waals surface area contributed by atoms with Gasteiger partial charge in [-0.25, -0.2) is 0 Å². The molecule has 0 spiro atoms. The van der Waals surface area contributed by atoms with Crippen LogP contribution in [-0.2, 0) is 0 Å². The number of fused-ring (bicyclic) bond motifs is 3. The molecule has 0 amide bonds. The Kier molecular flexibility index (Phi) is 6.75. The molecule has 29 heavy (non-hydrogen) atoms. The van der Waals surface area contributed by atoms with Crippen molar-refractivity contribution < 1.29 is 0 Å². The molecule has 1 aromatic heterocycles. The van der Waals surface area contributed by atoms with Crippen molar-refractivity contribution in [2.24, 2.45) is 5.73 Å². The number of anilines is 3. The Balaban J connectivity index is 0.000000755. The van der Waals surface area contributed by atoms with Gasteiger partial charge in [0.05, 0.1) is 27.6 Å². The molecule has 3 aromatic carbocycles. The summed E-state index contributed by atoms with van der Waals surface area (Å²) in [4.78, 5) is 3.48. The Morgan fingerprint density at radius 3 is 2.34 bits per heavy atom. The molecule has 4 rings (SSSR count). The van der Waals surface area contributed by atoms with Crippen LogP contribution in [0.5, 0.6) is 0 Å². The molecule has 150 valence electrons. The van der Waals surface area contributed by atoms with Crippen LogP contribution in [-0.4, -0.2) is 17.9 Å². The second-order valence-electron chi connectivity index (χ2n) is 6.21. The Morgan fingerprint density at radius 1 is 0.966 bits per heavy atom. The van der Waals surface area contributed by atoms with Crippen molar-refractivity contribution in [2.75, 3.05) is 17.2 Å². The van der Waals surface area contributed by atoms with Gasteiger partial charge in [-0.15, -0.1) is 0 Å². The monoisotopic (exact) mass is 447 g/mol. The highest BCUT2D eigenvalue weighted by Gasteiger charge is 2.10. The van der Waals surface area contributed by atoms with Crippen LogP contribution < -0.4 is 16.4 Å². The van der Waals surface area contributed by atoms with Gasteiger partial charge in [0.1, 0.15) is 0 Å². The molecule has 0 saturated heterocycles. The van der Waals surface area contributed by atoms with Crippen LogP contribution in [0.4, 0.5) is 17.1 Å². The SMILES string of the molecule is CCNc1cc(Cl)cc2c1[nH]c1ccc(Nc3ccc(Cl)c(Cl)c3)cc12.N=CN. The third-order valence-electron chi connectivity index (χ3n) is 4.25. The summed E-state index contributed by atoms with van der Waals surface area (Å²) >= 11 is 18.4. The summed E-state index contributed by atoms with van der Waals surface area (Å²) < 4.78 is 0. The van der Waals surface area contributed by atoms with Crippen LogP contribution in [0.1, 0.15) is 6.92 Å². The number of benzene rings is 3.